The van der Waals surface area contributed by atoms with Gasteiger partial charge in [0.2, 0.25) is 0 Å². The van der Waals surface area contributed by atoms with Crippen molar-refractivity contribution in [2.75, 3.05) is 0 Å². The average molecular weight is 328 g/mol. The van der Waals surface area contributed by atoms with Crippen LogP contribution in [0.2, 0.25) is 10.0 Å². The zero-order valence-electron chi connectivity index (χ0n) is 10.5. The number of sulfonamides is 1. The van der Waals surface area contributed by atoms with E-state index in [0.717, 1.165) is 5.56 Å². The summed E-state index contributed by atoms with van der Waals surface area (Å²) in [6.07, 6.45) is 1.22. The molecule has 0 bridgehead atoms. The lowest BCUT2D eigenvalue weighted by Gasteiger charge is -2.00. The van der Waals surface area contributed by atoms with Gasteiger partial charge in [-0.25, -0.2) is 0 Å². The van der Waals surface area contributed by atoms with Crippen LogP contribution in [0.1, 0.15) is 11.1 Å². The summed E-state index contributed by atoms with van der Waals surface area (Å²) >= 11 is 11.7. The highest BCUT2D eigenvalue weighted by Gasteiger charge is 2.11. The van der Waals surface area contributed by atoms with Gasteiger partial charge in [0, 0.05) is 16.8 Å². The molecule has 3 nitrogen and oxygen atoms in total. The molecule has 104 valence electrons. The van der Waals surface area contributed by atoms with Gasteiger partial charge in [0.05, 0.1) is 9.92 Å². The minimum absolute atomic E-state index is 0.143. The van der Waals surface area contributed by atoms with E-state index in [1.165, 1.54) is 24.4 Å². The van der Waals surface area contributed by atoms with Crippen molar-refractivity contribution < 1.29 is 8.42 Å². The van der Waals surface area contributed by atoms with Gasteiger partial charge in [-0.2, -0.15) is 12.8 Å². The van der Waals surface area contributed by atoms with Crippen molar-refractivity contribution in [3.8, 4) is 0 Å². The van der Waals surface area contributed by atoms with Crippen molar-refractivity contribution in [3.63, 3.8) is 0 Å². The molecular weight excluding hydrogens is 317 g/mol. The summed E-state index contributed by atoms with van der Waals surface area (Å²) in [5, 5.41) is 0.828. The van der Waals surface area contributed by atoms with Crippen molar-refractivity contribution in [1.29, 1.82) is 0 Å². The van der Waals surface area contributed by atoms with Crippen molar-refractivity contribution in [3.05, 3.63) is 63.6 Å². The summed E-state index contributed by atoms with van der Waals surface area (Å²) in [6, 6.07) is 11.2. The molecule has 6 heteroatoms. The lowest BCUT2D eigenvalue weighted by atomic mass is 10.2. The average Bonchev–Trinajstić information content (AvgIpc) is 2.38. The van der Waals surface area contributed by atoms with Crippen LogP contribution in [0, 0.1) is 6.92 Å². The zero-order valence-corrected chi connectivity index (χ0v) is 12.9. The molecule has 0 fully saturated rings. The standard InChI is InChI=1S/C14H11Cl2NO2S/c1-10-2-6-13(7-3-10)20(18,19)17-9-11-4-5-12(15)8-14(11)16/h2-9H,1H3/b17-9+. The lowest BCUT2D eigenvalue weighted by Crippen LogP contribution is -1.98. The minimum atomic E-state index is -3.72. The Labute approximate surface area is 127 Å². The van der Waals surface area contributed by atoms with Gasteiger partial charge in [0.25, 0.3) is 10.0 Å². The number of nitrogens with zero attached hydrogens (tertiary/aromatic N) is 1. The number of aryl methyl sites for hydroxylation is 1. The minimum Gasteiger partial charge on any atom is -0.199 e. The maximum Gasteiger partial charge on any atom is 0.282 e. The molecule has 2 rings (SSSR count). The van der Waals surface area contributed by atoms with Crippen LogP contribution in [0.4, 0.5) is 0 Å². The second kappa shape index (κ2) is 5.95. The summed E-state index contributed by atoms with van der Waals surface area (Å²) in [5.74, 6) is 0. The first kappa shape index (κ1) is 15.0. The largest absolute Gasteiger partial charge is 0.282 e. The molecule has 2 aromatic carbocycles. The molecule has 0 unspecified atom stereocenters. The maximum atomic E-state index is 12.0. The van der Waals surface area contributed by atoms with Crippen molar-refractivity contribution in [2.45, 2.75) is 11.8 Å². The van der Waals surface area contributed by atoms with Gasteiger partial charge in [-0.05, 0) is 31.2 Å². The van der Waals surface area contributed by atoms with Crippen molar-refractivity contribution in [1.82, 2.24) is 0 Å². The first-order valence-electron chi connectivity index (χ1n) is 5.70. The van der Waals surface area contributed by atoms with Gasteiger partial charge in [0.15, 0.2) is 0 Å². The topological polar surface area (TPSA) is 46.5 Å². The molecule has 0 aliphatic carbocycles. The summed E-state index contributed by atoms with van der Waals surface area (Å²) < 4.78 is 27.7. The predicted octanol–water partition coefficient (Wildman–Crippen LogP) is 4.11. The zero-order chi connectivity index (χ0) is 14.8. The Morgan fingerprint density at radius 3 is 2.30 bits per heavy atom. The molecule has 0 radical (unpaired) electrons. The quantitative estimate of drug-likeness (QED) is 0.796. The molecular formula is C14H11Cl2NO2S. The fourth-order valence-corrected chi connectivity index (χ4v) is 2.81. The summed E-state index contributed by atoms with van der Waals surface area (Å²) in [4.78, 5) is 0.143. The molecule has 0 amide bonds. The number of hydrogen-bond donors (Lipinski definition) is 0. The number of rotatable bonds is 3. The maximum absolute atomic E-state index is 12.0. The van der Waals surface area contributed by atoms with Crippen LogP contribution in [0.25, 0.3) is 0 Å². The van der Waals surface area contributed by atoms with Gasteiger partial charge < -0.3 is 0 Å². The lowest BCUT2D eigenvalue weighted by molar-refractivity contribution is 0.598. The number of benzene rings is 2. The van der Waals surface area contributed by atoms with E-state index in [2.05, 4.69) is 4.40 Å². The van der Waals surface area contributed by atoms with E-state index in [1.54, 1.807) is 24.3 Å². The Hall–Kier alpha value is -1.36. The third-order valence-electron chi connectivity index (χ3n) is 2.61. The monoisotopic (exact) mass is 327 g/mol. The van der Waals surface area contributed by atoms with Gasteiger partial charge in [-0.3, -0.25) is 0 Å². The van der Waals surface area contributed by atoms with Crippen LogP contribution in [-0.2, 0) is 10.0 Å². The molecule has 0 spiro atoms. The third-order valence-corrected chi connectivity index (χ3v) is 4.43. The summed E-state index contributed by atoms with van der Waals surface area (Å²) in [5.41, 5.74) is 1.47. The van der Waals surface area contributed by atoms with Crippen LogP contribution in [-0.4, -0.2) is 14.6 Å². The highest BCUT2D eigenvalue weighted by molar-refractivity contribution is 7.90. The van der Waals surface area contributed by atoms with Crippen molar-refractivity contribution in [2.24, 2.45) is 4.40 Å². The fraction of sp³-hybridized carbons (Fsp3) is 0.0714. The molecule has 20 heavy (non-hydrogen) atoms. The summed E-state index contributed by atoms with van der Waals surface area (Å²) in [7, 11) is -3.72. The first-order chi connectivity index (χ1) is 9.38. The van der Waals surface area contributed by atoms with E-state index in [1.807, 2.05) is 6.92 Å². The van der Waals surface area contributed by atoms with Crippen molar-refractivity contribution >= 4 is 39.4 Å². The summed E-state index contributed by atoms with van der Waals surface area (Å²) in [6.45, 7) is 1.88. The molecule has 0 aliphatic heterocycles. The Morgan fingerprint density at radius 2 is 1.70 bits per heavy atom. The molecule has 0 aliphatic rings. The highest BCUT2D eigenvalue weighted by Crippen LogP contribution is 2.20. The van der Waals surface area contributed by atoms with E-state index < -0.39 is 10.0 Å². The van der Waals surface area contributed by atoms with Gasteiger partial charge in [-0.1, -0.05) is 47.0 Å². The van der Waals surface area contributed by atoms with Crippen LogP contribution in [0.5, 0.6) is 0 Å². The van der Waals surface area contributed by atoms with Crippen LogP contribution in [0.3, 0.4) is 0 Å². The van der Waals surface area contributed by atoms with Gasteiger partial charge in [0.1, 0.15) is 0 Å². The molecule has 0 saturated heterocycles. The van der Waals surface area contributed by atoms with E-state index in [9.17, 15) is 8.42 Å². The van der Waals surface area contributed by atoms with Crippen LogP contribution in [0.15, 0.2) is 51.8 Å². The normalized spacial score (nSPS) is 11.9. The van der Waals surface area contributed by atoms with Crippen LogP contribution < -0.4 is 0 Å². The molecule has 2 aromatic rings. The van der Waals surface area contributed by atoms with E-state index in [0.29, 0.717) is 15.6 Å². The SMILES string of the molecule is Cc1ccc(S(=O)(=O)/N=C/c2ccc(Cl)cc2Cl)cc1. The van der Waals surface area contributed by atoms with Gasteiger partial charge in [-0.15, -0.1) is 0 Å². The molecule has 0 N–H and O–H groups in total. The Balaban J connectivity index is 2.32. The Morgan fingerprint density at radius 1 is 1.05 bits per heavy atom. The number of hydrogen-bond acceptors (Lipinski definition) is 2. The predicted molar refractivity (Wildman–Crippen MR) is 82.4 cm³/mol. The number of halogens is 2. The second-order valence-corrected chi connectivity index (χ2v) is 6.66. The first-order valence-corrected chi connectivity index (χ1v) is 7.90. The third kappa shape index (κ3) is 3.60. The molecule has 0 aromatic heterocycles. The van der Waals surface area contributed by atoms with E-state index >= 15 is 0 Å². The van der Waals surface area contributed by atoms with Gasteiger partial charge >= 0.3 is 0 Å². The second-order valence-electron chi connectivity index (χ2n) is 4.19. The molecule has 0 atom stereocenters. The fourth-order valence-electron chi connectivity index (χ4n) is 1.50. The Kier molecular flexibility index (Phi) is 4.48. The Bertz CT molecular complexity index is 753. The van der Waals surface area contributed by atoms with E-state index in [4.69, 9.17) is 23.2 Å². The molecule has 0 saturated carbocycles. The highest BCUT2D eigenvalue weighted by atomic mass is 35.5. The smallest absolute Gasteiger partial charge is 0.199 e. The van der Waals surface area contributed by atoms with E-state index in [-0.39, 0.29) is 4.90 Å². The molecule has 0 heterocycles. The van der Waals surface area contributed by atoms with Crippen LogP contribution >= 0.6 is 23.2 Å².